The SMILES string of the molecule is C=CCOc1cccc(CCC(NC(=O)OCC2c3ccccc3-c3ccccc32)C(=O)O)c1. The lowest BCUT2D eigenvalue weighted by molar-refractivity contribution is -0.139. The Kier molecular flexibility index (Phi) is 7.28. The number of fused-ring (bicyclic) bond motifs is 3. The van der Waals surface area contributed by atoms with Crippen LogP contribution in [0.3, 0.4) is 0 Å². The van der Waals surface area contributed by atoms with Gasteiger partial charge in [-0.25, -0.2) is 9.59 Å². The van der Waals surface area contributed by atoms with Crippen molar-refractivity contribution in [3.63, 3.8) is 0 Å². The summed E-state index contributed by atoms with van der Waals surface area (Å²) in [4.78, 5) is 24.2. The van der Waals surface area contributed by atoms with Crippen molar-refractivity contribution in [3.05, 3.63) is 102 Å². The molecular formula is C28H27NO5. The second-order valence-corrected chi connectivity index (χ2v) is 8.15. The Morgan fingerprint density at radius 2 is 1.68 bits per heavy atom. The molecule has 6 nitrogen and oxygen atoms in total. The minimum atomic E-state index is -1.10. The number of alkyl carbamates (subject to hydrolysis) is 1. The zero-order chi connectivity index (χ0) is 23.9. The van der Waals surface area contributed by atoms with Gasteiger partial charge in [0.05, 0.1) is 0 Å². The van der Waals surface area contributed by atoms with Crippen LogP contribution in [0, 0.1) is 0 Å². The summed E-state index contributed by atoms with van der Waals surface area (Å²) in [6.07, 6.45) is 1.61. The van der Waals surface area contributed by atoms with Gasteiger partial charge >= 0.3 is 12.1 Å². The quantitative estimate of drug-likeness (QED) is 0.410. The lowest BCUT2D eigenvalue weighted by Gasteiger charge is -2.17. The van der Waals surface area contributed by atoms with Gasteiger partial charge in [-0.2, -0.15) is 0 Å². The van der Waals surface area contributed by atoms with Crippen LogP contribution in [0.5, 0.6) is 5.75 Å². The van der Waals surface area contributed by atoms with E-state index in [1.54, 1.807) is 6.08 Å². The lowest BCUT2D eigenvalue weighted by Crippen LogP contribution is -2.41. The standard InChI is InChI=1S/C28H27NO5/c1-2-16-33-20-9-7-8-19(17-20)14-15-26(27(30)31)29-28(32)34-18-25-23-12-5-3-10-21(23)22-11-4-6-13-24(22)25/h2-13,17,25-26H,1,14-16,18H2,(H,29,32)(H,30,31). The third kappa shape index (κ3) is 5.29. The van der Waals surface area contributed by atoms with Crippen LogP contribution in [-0.4, -0.2) is 36.4 Å². The molecule has 0 saturated heterocycles. The minimum absolute atomic E-state index is 0.0836. The van der Waals surface area contributed by atoms with Gasteiger partial charge in [0.2, 0.25) is 0 Å². The first-order chi connectivity index (χ1) is 16.6. The number of nitrogens with one attached hydrogen (secondary N) is 1. The molecule has 174 valence electrons. The van der Waals surface area contributed by atoms with Crippen molar-refractivity contribution < 1.29 is 24.2 Å². The summed E-state index contributed by atoms with van der Waals surface area (Å²) in [5.41, 5.74) is 5.39. The number of benzene rings is 3. The van der Waals surface area contributed by atoms with E-state index in [-0.39, 0.29) is 18.9 Å². The second-order valence-electron chi connectivity index (χ2n) is 8.15. The summed E-state index contributed by atoms with van der Waals surface area (Å²) in [6.45, 7) is 4.15. The van der Waals surface area contributed by atoms with E-state index >= 15 is 0 Å². The molecule has 1 aliphatic rings. The van der Waals surface area contributed by atoms with Crippen LogP contribution in [0.2, 0.25) is 0 Å². The Morgan fingerprint density at radius 1 is 1.00 bits per heavy atom. The number of hydrogen-bond acceptors (Lipinski definition) is 4. The van der Waals surface area contributed by atoms with Gasteiger partial charge in [0.15, 0.2) is 0 Å². The molecule has 0 bridgehead atoms. The molecule has 1 amide bonds. The Bertz CT molecular complexity index is 1140. The van der Waals surface area contributed by atoms with Gasteiger partial charge in [0.25, 0.3) is 0 Å². The fraction of sp³-hybridized carbons (Fsp3) is 0.214. The number of ether oxygens (including phenoxy) is 2. The van der Waals surface area contributed by atoms with Crippen molar-refractivity contribution >= 4 is 12.1 Å². The van der Waals surface area contributed by atoms with Crippen LogP contribution in [0.1, 0.15) is 29.0 Å². The molecule has 1 atom stereocenters. The summed E-state index contributed by atoms with van der Waals surface area (Å²) >= 11 is 0. The first kappa shape index (κ1) is 23.1. The Balaban J connectivity index is 1.35. The Labute approximate surface area is 198 Å². The van der Waals surface area contributed by atoms with Crippen LogP contribution in [0.15, 0.2) is 85.5 Å². The van der Waals surface area contributed by atoms with Crippen molar-refractivity contribution in [1.29, 1.82) is 0 Å². The van der Waals surface area contributed by atoms with Crippen LogP contribution in [0.25, 0.3) is 11.1 Å². The van der Waals surface area contributed by atoms with Crippen molar-refractivity contribution in [2.45, 2.75) is 24.8 Å². The van der Waals surface area contributed by atoms with Crippen molar-refractivity contribution in [1.82, 2.24) is 5.32 Å². The molecule has 1 aliphatic carbocycles. The highest BCUT2D eigenvalue weighted by atomic mass is 16.5. The molecule has 3 aromatic rings. The van der Waals surface area contributed by atoms with E-state index < -0.39 is 18.1 Å². The molecule has 0 aromatic heterocycles. The molecule has 0 saturated carbocycles. The maximum atomic E-state index is 12.5. The number of carboxylic acid groups (broad SMARTS) is 1. The largest absolute Gasteiger partial charge is 0.490 e. The molecule has 2 N–H and O–H groups in total. The van der Waals surface area contributed by atoms with E-state index in [9.17, 15) is 14.7 Å². The molecule has 1 unspecified atom stereocenters. The van der Waals surface area contributed by atoms with Crippen LogP contribution >= 0.6 is 0 Å². The van der Waals surface area contributed by atoms with Crippen molar-refractivity contribution in [2.75, 3.05) is 13.2 Å². The smallest absolute Gasteiger partial charge is 0.407 e. The highest BCUT2D eigenvalue weighted by Crippen LogP contribution is 2.44. The average Bonchev–Trinajstić information content (AvgIpc) is 3.18. The van der Waals surface area contributed by atoms with Gasteiger partial charge in [-0.15, -0.1) is 0 Å². The van der Waals surface area contributed by atoms with Crippen molar-refractivity contribution in [2.24, 2.45) is 0 Å². The maximum Gasteiger partial charge on any atom is 0.407 e. The van der Waals surface area contributed by atoms with E-state index in [1.165, 1.54) is 0 Å². The number of aryl methyl sites for hydroxylation is 1. The Hall–Kier alpha value is -4.06. The topological polar surface area (TPSA) is 84.9 Å². The molecule has 0 aliphatic heterocycles. The highest BCUT2D eigenvalue weighted by molar-refractivity contribution is 5.81. The number of rotatable bonds is 10. The Morgan fingerprint density at radius 3 is 2.32 bits per heavy atom. The van der Waals surface area contributed by atoms with E-state index in [4.69, 9.17) is 9.47 Å². The normalized spacial score (nSPS) is 12.8. The first-order valence-corrected chi connectivity index (χ1v) is 11.2. The number of carboxylic acids is 1. The van der Waals surface area contributed by atoms with E-state index in [0.717, 1.165) is 27.8 Å². The van der Waals surface area contributed by atoms with Gasteiger partial charge in [0, 0.05) is 5.92 Å². The zero-order valence-corrected chi connectivity index (χ0v) is 18.8. The number of amides is 1. The fourth-order valence-corrected chi connectivity index (χ4v) is 4.30. The molecule has 34 heavy (non-hydrogen) atoms. The monoisotopic (exact) mass is 457 g/mol. The van der Waals surface area contributed by atoms with Crippen LogP contribution < -0.4 is 10.1 Å². The number of carbonyl (C=O) groups is 2. The van der Waals surface area contributed by atoms with Crippen LogP contribution in [0.4, 0.5) is 4.79 Å². The van der Waals surface area contributed by atoms with Crippen molar-refractivity contribution in [3.8, 4) is 16.9 Å². The third-order valence-corrected chi connectivity index (χ3v) is 5.92. The summed E-state index contributed by atoms with van der Waals surface area (Å²) in [5, 5.41) is 12.1. The highest BCUT2D eigenvalue weighted by Gasteiger charge is 2.29. The molecule has 3 aromatic carbocycles. The zero-order valence-electron chi connectivity index (χ0n) is 18.8. The first-order valence-electron chi connectivity index (χ1n) is 11.2. The molecule has 0 radical (unpaired) electrons. The maximum absolute atomic E-state index is 12.5. The summed E-state index contributed by atoms with van der Waals surface area (Å²) < 4.78 is 11.0. The minimum Gasteiger partial charge on any atom is -0.490 e. The molecule has 0 heterocycles. The number of hydrogen-bond donors (Lipinski definition) is 2. The fourth-order valence-electron chi connectivity index (χ4n) is 4.30. The summed E-state index contributed by atoms with van der Waals surface area (Å²) in [5.74, 6) is -0.499. The molecule has 6 heteroatoms. The predicted octanol–water partition coefficient (Wildman–Crippen LogP) is 5.18. The predicted molar refractivity (Wildman–Crippen MR) is 130 cm³/mol. The van der Waals surface area contributed by atoms with Gasteiger partial charge < -0.3 is 19.9 Å². The molecule has 0 fully saturated rings. The summed E-state index contributed by atoms with van der Waals surface area (Å²) in [7, 11) is 0. The lowest BCUT2D eigenvalue weighted by atomic mass is 9.98. The van der Waals surface area contributed by atoms with Gasteiger partial charge in [-0.05, 0) is 52.8 Å². The third-order valence-electron chi connectivity index (χ3n) is 5.92. The van der Waals surface area contributed by atoms with Crippen LogP contribution in [-0.2, 0) is 16.0 Å². The van der Waals surface area contributed by atoms with E-state index in [0.29, 0.717) is 18.8 Å². The molecule has 0 spiro atoms. The second kappa shape index (κ2) is 10.7. The van der Waals surface area contributed by atoms with Gasteiger partial charge in [-0.3, -0.25) is 0 Å². The molecule has 4 rings (SSSR count). The van der Waals surface area contributed by atoms with E-state index in [1.807, 2.05) is 60.7 Å². The number of aliphatic carboxylic acids is 1. The number of carbonyl (C=O) groups excluding carboxylic acids is 1. The molecular weight excluding hydrogens is 430 g/mol. The van der Waals surface area contributed by atoms with Gasteiger partial charge in [-0.1, -0.05) is 73.3 Å². The summed E-state index contributed by atoms with van der Waals surface area (Å²) in [6, 6.07) is 22.5. The van der Waals surface area contributed by atoms with Gasteiger partial charge in [0.1, 0.15) is 25.0 Å². The van der Waals surface area contributed by atoms with E-state index in [2.05, 4.69) is 24.0 Å². The average molecular weight is 458 g/mol.